The molecule has 0 aromatic carbocycles. The van der Waals surface area contributed by atoms with Gasteiger partial charge in [-0.1, -0.05) is 6.07 Å². The molecule has 6 nitrogen and oxygen atoms in total. The van der Waals surface area contributed by atoms with Crippen molar-refractivity contribution in [1.82, 2.24) is 15.2 Å². The predicted molar refractivity (Wildman–Crippen MR) is 91.6 cm³/mol. The average Bonchev–Trinajstić information content (AvgIpc) is 3.26. The fourth-order valence-corrected chi connectivity index (χ4v) is 3.70. The maximum atomic E-state index is 12.2. The molecule has 0 unspecified atom stereocenters. The lowest BCUT2D eigenvalue weighted by Gasteiger charge is -2.31. The fourth-order valence-electron chi connectivity index (χ4n) is 2.53. The Balaban J connectivity index is 1.42. The summed E-state index contributed by atoms with van der Waals surface area (Å²) in [4.78, 5) is 31.3. The van der Waals surface area contributed by atoms with Crippen molar-refractivity contribution < 1.29 is 9.59 Å². The molecule has 0 radical (unpaired) electrons. The van der Waals surface area contributed by atoms with Crippen molar-refractivity contribution in [3.8, 4) is 0 Å². The van der Waals surface area contributed by atoms with Crippen LogP contribution in [0.25, 0.3) is 0 Å². The quantitative estimate of drug-likeness (QED) is 0.890. The highest BCUT2D eigenvalue weighted by Crippen LogP contribution is 2.20. The van der Waals surface area contributed by atoms with E-state index in [9.17, 15) is 9.59 Å². The van der Waals surface area contributed by atoms with Crippen molar-refractivity contribution >= 4 is 39.7 Å². The van der Waals surface area contributed by atoms with E-state index < -0.39 is 0 Å². The van der Waals surface area contributed by atoms with Gasteiger partial charge in [0.05, 0.1) is 6.54 Å². The molecule has 8 heteroatoms. The first-order chi connectivity index (χ1) is 11.2. The number of amides is 3. The molecule has 1 aliphatic rings. The van der Waals surface area contributed by atoms with Gasteiger partial charge in [-0.15, -0.1) is 22.7 Å². The maximum Gasteiger partial charge on any atom is 0.317 e. The van der Waals surface area contributed by atoms with Crippen LogP contribution in [-0.4, -0.2) is 34.9 Å². The van der Waals surface area contributed by atoms with E-state index in [0.29, 0.717) is 37.6 Å². The first-order valence-corrected chi connectivity index (χ1v) is 9.24. The average molecular weight is 350 g/mol. The second kappa shape index (κ2) is 7.56. The van der Waals surface area contributed by atoms with E-state index in [-0.39, 0.29) is 17.9 Å². The zero-order valence-corrected chi connectivity index (χ0v) is 14.2. The van der Waals surface area contributed by atoms with Gasteiger partial charge in [0.2, 0.25) is 5.91 Å². The summed E-state index contributed by atoms with van der Waals surface area (Å²) in [6.45, 7) is 1.76. The largest absolute Gasteiger partial charge is 0.333 e. The van der Waals surface area contributed by atoms with Gasteiger partial charge in [-0.3, -0.25) is 4.79 Å². The summed E-state index contributed by atoms with van der Waals surface area (Å²) >= 11 is 3.04. The molecular weight excluding hydrogens is 332 g/mol. The number of urea groups is 1. The molecule has 1 saturated heterocycles. The lowest BCUT2D eigenvalue weighted by Crippen LogP contribution is -2.45. The Morgan fingerprint density at radius 3 is 2.74 bits per heavy atom. The summed E-state index contributed by atoms with van der Waals surface area (Å²) in [5.41, 5.74) is 0. The molecule has 1 fully saturated rings. The van der Waals surface area contributed by atoms with Gasteiger partial charge in [0, 0.05) is 35.5 Å². The number of aromatic nitrogens is 1. The van der Waals surface area contributed by atoms with Crippen LogP contribution in [0.15, 0.2) is 29.1 Å². The Morgan fingerprint density at radius 2 is 2.09 bits per heavy atom. The zero-order chi connectivity index (χ0) is 16.1. The number of hydrogen-bond donors (Lipinski definition) is 2. The van der Waals surface area contributed by atoms with Crippen LogP contribution in [0.5, 0.6) is 0 Å². The molecule has 2 aromatic heterocycles. The molecule has 2 N–H and O–H groups in total. The number of thiazole rings is 1. The molecule has 23 heavy (non-hydrogen) atoms. The molecule has 0 spiro atoms. The Morgan fingerprint density at radius 1 is 1.26 bits per heavy atom. The standard InChI is InChI=1S/C15H18N4O2S2/c20-13(18-14-16-5-9-23-14)11-3-6-19(7-4-11)15(21)17-10-12-2-1-8-22-12/h1-2,5,8-9,11H,3-4,6-7,10H2,(H,17,21)(H,16,18,20). The monoisotopic (exact) mass is 350 g/mol. The number of piperidine rings is 1. The van der Waals surface area contributed by atoms with Gasteiger partial charge < -0.3 is 15.5 Å². The van der Waals surface area contributed by atoms with Crippen molar-refractivity contribution in [2.75, 3.05) is 18.4 Å². The number of likely N-dealkylation sites (tertiary alicyclic amines) is 1. The van der Waals surface area contributed by atoms with Gasteiger partial charge in [-0.25, -0.2) is 9.78 Å². The van der Waals surface area contributed by atoms with E-state index in [1.807, 2.05) is 22.9 Å². The number of rotatable bonds is 4. The molecule has 2 aromatic rings. The molecule has 0 atom stereocenters. The highest BCUT2D eigenvalue weighted by Gasteiger charge is 2.27. The van der Waals surface area contributed by atoms with Crippen molar-refractivity contribution in [3.63, 3.8) is 0 Å². The van der Waals surface area contributed by atoms with Gasteiger partial charge >= 0.3 is 6.03 Å². The number of carbonyl (C=O) groups is 2. The number of thiophene rings is 1. The Labute approximate surface area is 142 Å². The lowest BCUT2D eigenvalue weighted by atomic mass is 9.96. The minimum absolute atomic E-state index is 0.00130. The molecule has 122 valence electrons. The van der Waals surface area contributed by atoms with Gasteiger partial charge in [0.1, 0.15) is 0 Å². The van der Waals surface area contributed by atoms with Crippen LogP contribution in [0.1, 0.15) is 17.7 Å². The Bertz CT molecular complexity index is 635. The van der Waals surface area contributed by atoms with Gasteiger partial charge in [0.15, 0.2) is 5.13 Å². The van der Waals surface area contributed by atoms with Crippen LogP contribution in [0.3, 0.4) is 0 Å². The maximum absolute atomic E-state index is 12.2. The number of carbonyl (C=O) groups excluding carboxylic acids is 2. The summed E-state index contributed by atoms with van der Waals surface area (Å²) in [5, 5.41) is 10.2. The summed E-state index contributed by atoms with van der Waals surface area (Å²) in [6.07, 6.45) is 3.04. The van der Waals surface area contributed by atoms with Crippen LogP contribution >= 0.6 is 22.7 Å². The van der Waals surface area contributed by atoms with Crippen molar-refractivity contribution in [3.05, 3.63) is 34.0 Å². The normalized spacial score (nSPS) is 15.4. The lowest BCUT2D eigenvalue weighted by molar-refractivity contribution is -0.121. The number of anilines is 1. The van der Waals surface area contributed by atoms with E-state index in [4.69, 9.17) is 0 Å². The van der Waals surface area contributed by atoms with Crippen LogP contribution in [-0.2, 0) is 11.3 Å². The van der Waals surface area contributed by atoms with Crippen molar-refractivity contribution in [2.45, 2.75) is 19.4 Å². The summed E-state index contributed by atoms with van der Waals surface area (Å²) in [5.74, 6) is -0.0566. The molecule has 3 amide bonds. The van der Waals surface area contributed by atoms with Gasteiger partial charge in [-0.2, -0.15) is 0 Å². The number of nitrogens with one attached hydrogen (secondary N) is 2. The van der Waals surface area contributed by atoms with Crippen molar-refractivity contribution in [2.24, 2.45) is 5.92 Å². The first-order valence-electron chi connectivity index (χ1n) is 7.48. The molecule has 0 bridgehead atoms. The third-order valence-corrected chi connectivity index (χ3v) is 5.37. The van der Waals surface area contributed by atoms with E-state index in [1.54, 1.807) is 22.4 Å². The molecule has 0 aliphatic carbocycles. The fraction of sp³-hybridized carbons (Fsp3) is 0.400. The van der Waals surface area contributed by atoms with Crippen LogP contribution in [0, 0.1) is 5.92 Å². The van der Waals surface area contributed by atoms with Crippen LogP contribution in [0.4, 0.5) is 9.93 Å². The SMILES string of the molecule is O=C(Nc1nccs1)C1CCN(C(=O)NCc2cccs2)CC1. The second-order valence-electron chi connectivity index (χ2n) is 5.33. The van der Waals surface area contributed by atoms with Crippen LogP contribution in [0.2, 0.25) is 0 Å². The number of hydrogen-bond acceptors (Lipinski definition) is 5. The molecule has 3 rings (SSSR count). The highest BCUT2D eigenvalue weighted by atomic mass is 32.1. The van der Waals surface area contributed by atoms with E-state index in [0.717, 1.165) is 4.88 Å². The topological polar surface area (TPSA) is 74.3 Å². The zero-order valence-electron chi connectivity index (χ0n) is 12.5. The van der Waals surface area contributed by atoms with Gasteiger partial charge in [-0.05, 0) is 24.3 Å². The molecule has 3 heterocycles. The number of nitrogens with zero attached hydrogens (tertiary/aromatic N) is 2. The smallest absolute Gasteiger partial charge is 0.317 e. The minimum atomic E-state index is -0.0582. The van der Waals surface area contributed by atoms with E-state index in [1.165, 1.54) is 11.3 Å². The van der Waals surface area contributed by atoms with Gasteiger partial charge in [0.25, 0.3) is 0 Å². The molecule has 1 aliphatic heterocycles. The third-order valence-electron chi connectivity index (χ3n) is 3.81. The van der Waals surface area contributed by atoms with E-state index >= 15 is 0 Å². The van der Waals surface area contributed by atoms with Crippen molar-refractivity contribution in [1.29, 1.82) is 0 Å². The minimum Gasteiger partial charge on any atom is -0.333 e. The third kappa shape index (κ3) is 4.29. The predicted octanol–water partition coefficient (Wildman–Crippen LogP) is 2.76. The molecule has 0 saturated carbocycles. The molecular formula is C15H18N4O2S2. The summed E-state index contributed by atoms with van der Waals surface area (Å²) in [7, 11) is 0. The Hall–Kier alpha value is -1.93. The Kier molecular flexibility index (Phi) is 5.24. The van der Waals surface area contributed by atoms with E-state index in [2.05, 4.69) is 15.6 Å². The second-order valence-corrected chi connectivity index (χ2v) is 7.25. The highest BCUT2D eigenvalue weighted by molar-refractivity contribution is 7.13. The van der Waals surface area contributed by atoms with Crippen LogP contribution < -0.4 is 10.6 Å². The summed E-state index contributed by atoms with van der Waals surface area (Å²) < 4.78 is 0. The first kappa shape index (κ1) is 15.9. The summed E-state index contributed by atoms with van der Waals surface area (Å²) in [6, 6.07) is 3.91.